The molecule has 0 unspecified atom stereocenters. The molecule has 0 fully saturated rings. The summed E-state index contributed by atoms with van der Waals surface area (Å²) in [7, 11) is 1.59. The number of carboxylic acids is 1. The molecule has 0 aliphatic carbocycles. The number of methoxy groups -OCH3 is 1. The predicted octanol–water partition coefficient (Wildman–Crippen LogP) is 3.04. The van der Waals surface area contributed by atoms with E-state index in [0.29, 0.717) is 11.4 Å². The third kappa shape index (κ3) is 2.11. The van der Waals surface area contributed by atoms with E-state index in [1.807, 2.05) is 6.07 Å². The van der Waals surface area contributed by atoms with Gasteiger partial charge in [-0.25, -0.2) is 4.79 Å². The minimum absolute atomic E-state index is 0.137. The number of fused-ring (bicyclic) bond motifs is 5. The summed E-state index contributed by atoms with van der Waals surface area (Å²) in [5.74, 6) is -0.450. The van der Waals surface area contributed by atoms with Gasteiger partial charge in [-0.05, 0) is 42.0 Å². The summed E-state index contributed by atoms with van der Waals surface area (Å²) in [6.07, 6.45) is 0.176. The zero-order valence-electron chi connectivity index (χ0n) is 12.8. The maximum atomic E-state index is 12.3. The van der Waals surface area contributed by atoms with E-state index >= 15 is 0 Å². The molecule has 2 heterocycles. The Balaban J connectivity index is 2.03. The van der Waals surface area contributed by atoms with Crippen molar-refractivity contribution in [3.8, 4) is 17.0 Å². The molecule has 2 aromatic carbocycles. The zero-order valence-corrected chi connectivity index (χ0v) is 12.8. The van der Waals surface area contributed by atoms with Gasteiger partial charge in [-0.3, -0.25) is 4.79 Å². The Morgan fingerprint density at radius 3 is 2.79 bits per heavy atom. The van der Waals surface area contributed by atoms with E-state index in [0.717, 1.165) is 27.7 Å². The number of amides is 1. The second kappa shape index (κ2) is 5.13. The number of ether oxygens (including phenoxy) is 1. The summed E-state index contributed by atoms with van der Waals surface area (Å²) in [6.45, 7) is 0. The lowest BCUT2D eigenvalue weighted by Gasteiger charge is -2.09. The third-order valence-electron chi connectivity index (χ3n) is 4.26. The van der Waals surface area contributed by atoms with Gasteiger partial charge in [0.15, 0.2) is 0 Å². The van der Waals surface area contributed by atoms with Gasteiger partial charge in [-0.2, -0.15) is 0 Å². The molecule has 6 nitrogen and oxygen atoms in total. The number of benzene rings is 2. The number of aromatic carboxylic acids is 1. The van der Waals surface area contributed by atoms with E-state index in [-0.39, 0.29) is 17.9 Å². The minimum atomic E-state index is -0.994. The van der Waals surface area contributed by atoms with Crippen molar-refractivity contribution in [2.24, 2.45) is 0 Å². The Labute approximate surface area is 137 Å². The first kappa shape index (κ1) is 14.3. The van der Waals surface area contributed by atoms with Gasteiger partial charge in [0.05, 0.1) is 30.5 Å². The van der Waals surface area contributed by atoms with Crippen LogP contribution in [0, 0.1) is 0 Å². The normalized spacial score (nSPS) is 13.0. The molecule has 1 aromatic heterocycles. The predicted molar refractivity (Wildman–Crippen MR) is 89.6 cm³/mol. The highest BCUT2D eigenvalue weighted by Crippen LogP contribution is 2.39. The number of rotatable bonds is 2. The van der Waals surface area contributed by atoms with E-state index in [2.05, 4.69) is 10.3 Å². The van der Waals surface area contributed by atoms with Crippen molar-refractivity contribution in [3.05, 3.63) is 47.5 Å². The van der Waals surface area contributed by atoms with Gasteiger partial charge in [0.25, 0.3) is 0 Å². The van der Waals surface area contributed by atoms with Crippen molar-refractivity contribution in [1.29, 1.82) is 0 Å². The fourth-order valence-corrected chi connectivity index (χ4v) is 3.12. The van der Waals surface area contributed by atoms with Gasteiger partial charge in [0, 0.05) is 16.5 Å². The van der Waals surface area contributed by atoms with Gasteiger partial charge in [-0.1, -0.05) is 0 Å². The summed E-state index contributed by atoms with van der Waals surface area (Å²) in [5.41, 5.74) is 4.11. The quantitative estimate of drug-likeness (QED) is 0.676. The number of hydrogen-bond acceptors (Lipinski definition) is 3. The van der Waals surface area contributed by atoms with E-state index in [1.54, 1.807) is 37.4 Å². The monoisotopic (exact) mass is 322 g/mol. The van der Waals surface area contributed by atoms with Crippen LogP contribution in [0.3, 0.4) is 0 Å². The molecule has 4 rings (SSSR count). The number of H-pyrrole nitrogens is 1. The van der Waals surface area contributed by atoms with Crippen molar-refractivity contribution < 1.29 is 19.4 Å². The highest BCUT2D eigenvalue weighted by Gasteiger charge is 2.23. The molecule has 0 radical (unpaired) electrons. The number of carbonyl (C=O) groups is 2. The minimum Gasteiger partial charge on any atom is -0.497 e. The highest BCUT2D eigenvalue weighted by molar-refractivity contribution is 6.06. The maximum absolute atomic E-state index is 12.3. The average Bonchev–Trinajstić information content (AvgIpc) is 2.85. The first-order chi connectivity index (χ1) is 11.6. The number of aromatic nitrogens is 1. The van der Waals surface area contributed by atoms with E-state index < -0.39 is 5.97 Å². The van der Waals surface area contributed by atoms with E-state index in [9.17, 15) is 14.7 Å². The van der Waals surface area contributed by atoms with Crippen LogP contribution in [0.25, 0.3) is 22.2 Å². The molecule has 3 N–H and O–H groups in total. The molecular formula is C18H14N2O4. The molecule has 0 saturated heterocycles. The summed E-state index contributed by atoms with van der Waals surface area (Å²) >= 11 is 0. The second-order valence-electron chi connectivity index (χ2n) is 5.68. The Kier molecular flexibility index (Phi) is 3.06. The third-order valence-corrected chi connectivity index (χ3v) is 4.26. The Morgan fingerprint density at radius 2 is 2.04 bits per heavy atom. The van der Waals surface area contributed by atoms with Gasteiger partial charge < -0.3 is 20.1 Å². The van der Waals surface area contributed by atoms with Crippen molar-refractivity contribution in [1.82, 2.24) is 4.98 Å². The van der Waals surface area contributed by atoms with E-state index in [1.165, 1.54) is 0 Å². The number of carbonyl (C=O) groups excluding carboxylic acids is 1. The molecule has 24 heavy (non-hydrogen) atoms. The number of aromatic amines is 1. The lowest BCUT2D eigenvalue weighted by molar-refractivity contribution is -0.115. The van der Waals surface area contributed by atoms with Crippen LogP contribution in [0.15, 0.2) is 36.4 Å². The molecule has 6 heteroatoms. The number of anilines is 1. The van der Waals surface area contributed by atoms with Crippen LogP contribution in [0.5, 0.6) is 5.75 Å². The van der Waals surface area contributed by atoms with Crippen LogP contribution >= 0.6 is 0 Å². The Bertz CT molecular complexity index is 1000. The zero-order chi connectivity index (χ0) is 16.8. The molecule has 0 bridgehead atoms. The smallest absolute Gasteiger partial charge is 0.335 e. The number of hydrogen-bond donors (Lipinski definition) is 3. The van der Waals surface area contributed by atoms with Crippen molar-refractivity contribution >= 4 is 28.5 Å². The molecule has 0 atom stereocenters. The lowest BCUT2D eigenvalue weighted by atomic mass is 10.0. The van der Waals surface area contributed by atoms with Gasteiger partial charge >= 0.3 is 5.97 Å². The first-order valence-corrected chi connectivity index (χ1v) is 7.43. The summed E-state index contributed by atoms with van der Waals surface area (Å²) < 4.78 is 5.28. The summed E-state index contributed by atoms with van der Waals surface area (Å²) in [5, 5.41) is 12.8. The fraction of sp³-hybridized carbons (Fsp3) is 0.111. The SMILES string of the molecule is COc1ccc2c(c1)-c1[nH]c3ccc(C(=O)O)cc3c1CC(=O)N2. The molecule has 1 amide bonds. The molecule has 3 aromatic rings. The molecule has 0 saturated carbocycles. The molecular weight excluding hydrogens is 308 g/mol. The van der Waals surface area contributed by atoms with E-state index in [4.69, 9.17) is 4.74 Å². The number of carboxylic acid groups (broad SMARTS) is 1. The van der Waals surface area contributed by atoms with Crippen LogP contribution in [0.2, 0.25) is 0 Å². The van der Waals surface area contributed by atoms with Crippen molar-refractivity contribution in [2.75, 3.05) is 12.4 Å². The van der Waals surface area contributed by atoms with Crippen LogP contribution < -0.4 is 10.1 Å². The largest absolute Gasteiger partial charge is 0.497 e. The Hall–Kier alpha value is -3.28. The average molecular weight is 322 g/mol. The van der Waals surface area contributed by atoms with Crippen molar-refractivity contribution in [2.45, 2.75) is 6.42 Å². The van der Waals surface area contributed by atoms with Crippen LogP contribution in [-0.4, -0.2) is 29.1 Å². The standard InChI is InChI=1S/C18H14N2O4/c1-24-10-3-5-15-13(7-10)17-12(8-16(21)19-15)11-6-9(18(22)23)2-4-14(11)20-17/h2-7,20H,8H2,1H3,(H,19,21)(H,22,23). The molecule has 1 aliphatic heterocycles. The van der Waals surface area contributed by atoms with Gasteiger partial charge in [-0.15, -0.1) is 0 Å². The van der Waals surface area contributed by atoms with Crippen molar-refractivity contribution in [3.63, 3.8) is 0 Å². The molecule has 1 aliphatic rings. The molecule has 0 spiro atoms. The lowest BCUT2D eigenvalue weighted by Crippen LogP contribution is -2.12. The maximum Gasteiger partial charge on any atom is 0.335 e. The van der Waals surface area contributed by atoms with Crippen LogP contribution in [0.1, 0.15) is 15.9 Å². The van der Waals surface area contributed by atoms with Crippen LogP contribution in [-0.2, 0) is 11.2 Å². The highest BCUT2D eigenvalue weighted by atomic mass is 16.5. The molecule has 120 valence electrons. The second-order valence-corrected chi connectivity index (χ2v) is 5.68. The van der Waals surface area contributed by atoms with Crippen LogP contribution in [0.4, 0.5) is 5.69 Å². The number of nitrogens with one attached hydrogen (secondary N) is 2. The van der Waals surface area contributed by atoms with Gasteiger partial charge in [0.2, 0.25) is 5.91 Å². The fourth-order valence-electron chi connectivity index (χ4n) is 3.12. The van der Waals surface area contributed by atoms with Gasteiger partial charge in [0.1, 0.15) is 5.75 Å². The summed E-state index contributed by atoms with van der Waals surface area (Å²) in [6, 6.07) is 10.3. The summed E-state index contributed by atoms with van der Waals surface area (Å²) in [4.78, 5) is 26.8. The topological polar surface area (TPSA) is 91.4 Å². The Morgan fingerprint density at radius 1 is 1.21 bits per heavy atom. The first-order valence-electron chi connectivity index (χ1n) is 7.43.